The quantitative estimate of drug-likeness (QED) is 0.675. The predicted molar refractivity (Wildman–Crippen MR) is 52.2 cm³/mol. The van der Waals surface area contributed by atoms with Crippen LogP contribution in [0, 0.1) is 0 Å². The molecule has 2 nitrogen and oxygen atoms in total. The van der Waals surface area contributed by atoms with Crippen molar-refractivity contribution in [2.45, 2.75) is 19.5 Å². The first-order valence-electron chi connectivity index (χ1n) is 4.47. The Morgan fingerprint density at radius 3 is 2.86 bits per heavy atom. The third-order valence-electron chi connectivity index (χ3n) is 2.04. The van der Waals surface area contributed by atoms with E-state index in [1.165, 1.54) is 7.11 Å². The predicted octanol–water partition coefficient (Wildman–Crippen LogP) is 2.30. The number of carbonyl (C=O) groups excluding carboxylic acids is 1. The number of benzene rings is 1. The van der Waals surface area contributed by atoms with Crippen molar-refractivity contribution in [1.29, 1.82) is 0 Å². The summed E-state index contributed by atoms with van der Waals surface area (Å²) in [5.41, 5.74) is 1.50. The van der Waals surface area contributed by atoms with E-state index in [0.717, 1.165) is 11.8 Å². The molecule has 0 bridgehead atoms. The molecule has 0 unspecified atom stereocenters. The van der Waals surface area contributed by atoms with E-state index in [0.29, 0.717) is 24.2 Å². The van der Waals surface area contributed by atoms with Crippen LogP contribution in [-0.2, 0) is 17.9 Å². The minimum atomic E-state index is -0.544. The molecule has 0 radical (unpaired) electrons. The Balaban J connectivity index is 2.83. The van der Waals surface area contributed by atoms with Crippen molar-refractivity contribution in [2.75, 3.05) is 7.11 Å². The molecule has 0 N–H and O–H groups in total. The largest absolute Gasteiger partial charge is 0.496 e. The van der Waals surface area contributed by atoms with Crippen LogP contribution < -0.4 is 4.74 Å². The van der Waals surface area contributed by atoms with E-state index in [-0.39, 0.29) is 0 Å². The van der Waals surface area contributed by atoms with E-state index in [2.05, 4.69) is 0 Å². The van der Waals surface area contributed by atoms with E-state index < -0.39 is 6.67 Å². The Labute approximate surface area is 82.7 Å². The summed E-state index contributed by atoms with van der Waals surface area (Å²) in [6.45, 7) is -0.544. The number of alkyl halides is 1. The molecule has 14 heavy (non-hydrogen) atoms. The highest BCUT2D eigenvalue weighted by atomic mass is 19.1. The van der Waals surface area contributed by atoms with Gasteiger partial charge in [-0.15, -0.1) is 0 Å². The van der Waals surface area contributed by atoms with E-state index in [1.54, 1.807) is 12.1 Å². The Morgan fingerprint density at radius 1 is 1.50 bits per heavy atom. The third-order valence-corrected chi connectivity index (χ3v) is 2.04. The molecule has 1 rings (SSSR count). The fraction of sp³-hybridized carbons (Fsp3) is 0.364. The molecule has 0 aliphatic carbocycles. The second-order valence-corrected chi connectivity index (χ2v) is 2.99. The van der Waals surface area contributed by atoms with E-state index in [1.807, 2.05) is 6.07 Å². The summed E-state index contributed by atoms with van der Waals surface area (Å²) in [5.74, 6) is 0.558. The van der Waals surface area contributed by atoms with Crippen LogP contribution in [0.3, 0.4) is 0 Å². The molecule has 0 aliphatic rings. The second kappa shape index (κ2) is 5.37. The number of hydrogen-bond acceptors (Lipinski definition) is 2. The molecule has 0 aliphatic heterocycles. The molecule has 0 atom stereocenters. The molecular weight excluding hydrogens is 183 g/mol. The zero-order chi connectivity index (χ0) is 10.4. The summed E-state index contributed by atoms with van der Waals surface area (Å²) >= 11 is 0. The van der Waals surface area contributed by atoms with Gasteiger partial charge in [0.25, 0.3) is 0 Å². The number of rotatable bonds is 5. The van der Waals surface area contributed by atoms with Crippen LogP contribution in [0.5, 0.6) is 5.75 Å². The topological polar surface area (TPSA) is 26.3 Å². The zero-order valence-electron chi connectivity index (χ0n) is 8.13. The van der Waals surface area contributed by atoms with E-state index in [4.69, 9.17) is 4.74 Å². The third kappa shape index (κ3) is 2.55. The van der Waals surface area contributed by atoms with Crippen molar-refractivity contribution < 1.29 is 13.9 Å². The molecule has 1 aromatic carbocycles. The molecule has 76 valence electrons. The highest BCUT2D eigenvalue weighted by Gasteiger charge is 2.03. The van der Waals surface area contributed by atoms with Crippen molar-refractivity contribution >= 4 is 6.29 Å². The van der Waals surface area contributed by atoms with Crippen molar-refractivity contribution in [2.24, 2.45) is 0 Å². The number of ether oxygens (including phenoxy) is 1. The lowest BCUT2D eigenvalue weighted by Gasteiger charge is -2.07. The number of hydrogen-bond donors (Lipinski definition) is 0. The lowest BCUT2D eigenvalue weighted by atomic mass is 10.1. The maximum atomic E-state index is 12.5. The summed E-state index contributed by atoms with van der Waals surface area (Å²) < 4.78 is 17.5. The van der Waals surface area contributed by atoms with Crippen LogP contribution >= 0.6 is 0 Å². The van der Waals surface area contributed by atoms with Crippen LogP contribution in [-0.4, -0.2) is 13.4 Å². The number of halogens is 1. The highest BCUT2D eigenvalue weighted by molar-refractivity contribution is 5.50. The first-order valence-corrected chi connectivity index (χ1v) is 4.47. The summed E-state index contributed by atoms with van der Waals surface area (Å²) in [6, 6.07) is 5.32. The van der Waals surface area contributed by atoms with Crippen LogP contribution in [0.25, 0.3) is 0 Å². The average molecular weight is 196 g/mol. The smallest absolute Gasteiger partial charge is 0.124 e. The minimum absolute atomic E-state index is 0.470. The van der Waals surface area contributed by atoms with Gasteiger partial charge in [0.1, 0.15) is 18.7 Å². The van der Waals surface area contributed by atoms with Gasteiger partial charge >= 0.3 is 0 Å². The van der Waals surface area contributed by atoms with Crippen LogP contribution in [0.15, 0.2) is 18.2 Å². The molecule has 0 saturated heterocycles. The molecule has 0 saturated carbocycles. The highest BCUT2D eigenvalue weighted by Crippen LogP contribution is 2.21. The normalized spacial score (nSPS) is 9.86. The van der Waals surface area contributed by atoms with E-state index in [9.17, 15) is 9.18 Å². The molecule has 0 aromatic heterocycles. The number of methoxy groups -OCH3 is 1. The van der Waals surface area contributed by atoms with E-state index >= 15 is 0 Å². The number of carbonyl (C=O) groups is 1. The van der Waals surface area contributed by atoms with Gasteiger partial charge in [-0.05, 0) is 24.1 Å². The molecule has 0 heterocycles. The second-order valence-electron chi connectivity index (χ2n) is 2.99. The van der Waals surface area contributed by atoms with Crippen LogP contribution in [0.1, 0.15) is 17.5 Å². The SMILES string of the molecule is COc1ccc(CCC=O)cc1CF. The first kappa shape index (κ1) is 10.7. The minimum Gasteiger partial charge on any atom is -0.496 e. The first-order chi connectivity index (χ1) is 6.81. The zero-order valence-corrected chi connectivity index (χ0v) is 8.13. The lowest BCUT2D eigenvalue weighted by Crippen LogP contribution is -1.93. The lowest BCUT2D eigenvalue weighted by molar-refractivity contribution is -0.107. The van der Waals surface area contributed by atoms with Gasteiger partial charge in [-0.1, -0.05) is 6.07 Å². The Kier molecular flexibility index (Phi) is 4.11. The molecule has 3 heteroatoms. The maximum absolute atomic E-state index is 12.5. The van der Waals surface area contributed by atoms with Crippen molar-refractivity contribution in [3.63, 3.8) is 0 Å². The molecule has 0 fully saturated rings. The Bertz CT molecular complexity index is 310. The Hall–Kier alpha value is -1.38. The van der Waals surface area contributed by atoms with Crippen LogP contribution in [0.4, 0.5) is 4.39 Å². The standard InChI is InChI=1S/C11H13FO2/c1-14-11-5-4-9(3-2-6-13)7-10(11)8-12/h4-7H,2-3,8H2,1H3. The summed E-state index contributed by atoms with van der Waals surface area (Å²) in [5, 5.41) is 0. The summed E-state index contributed by atoms with van der Waals surface area (Å²) in [7, 11) is 1.51. The van der Waals surface area contributed by atoms with Crippen LogP contribution in [0.2, 0.25) is 0 Å². The van der Waals surface area contributed by atoms with Crippen molar-refractivity contribution in [3.05, 3.63) is 29.3 Å². The molecule has 0 spiro atoms. The maximum Gasteiger partial charge on any atom is 0.124 e. The fourth-order valence-electron chi connectivity index (χ4n) is 1.32. The van der Waals surface area contributed by atoms with Gasteiger partial charge in [-0.3, -0.25) is 0 Å². The van der Waals surface area contributed by atoms with Gasteiger partial charge in [-0.2, -0.15) is 0 Å². The van der Waals surface area contributed by atoms with Gasteiger partial charge in [0.05, 0.1) is 7.11 Å². The van der Waals surface area contributed by atoms with Gasteiger partial charge in [-0.25, -0.2) is 4.39 Å². The van der Waals surface area contributed by atoms with Crippen molar-refractivity contribution in [3.8, 4) is 5.75 Å². The van der Waals surface area contributed by atoms with Crippen molar-refractivity contribution in [1.82, 2.24) is 0 Å². The summed E-state index contributed by atoms with van der Waals surface area (Å²) in [4.78, 5) is 10.2. The fourth-order valence-corrected chi connectivity index (χ4v) is 1.32. The molecular formula is C11H13FO2. The number of aldehydes is 1. The van der Waals surface area contributed by atoms with Gasteiger partial charge in [0.15, 0.2) is 0 Å². The summed E-state index contributed by atoms with van der Waals surface area (Å²) in [6.07, 6.45) is 1.98. The van der Waals surface area contributed by atoms with Gasteiger partial charge in [0.2, 0.25) is 0 Å². The van der Waals surface area contributed by atoms with Gasteiger partial charge in [0, 0.05) is 12.0 Å². The van der Waals surface area contributed by atoms with Gasteiger partial charge < -0.3 is 9.53 Å². The Morgan fingerprint density at radius 2 is 2.29 bits per heavy atom. The number of aryl methyl sites for hydroxylation is 1. The molecule has 0 amide bonds. The monoisotopic (exact) mass is 196 g/mol. The molecule has 1 aromatic rings. The average Bonchev–Trinajstić information content (AvgIpc) is 2.25.